The Labute approximate surface area is 275 Å². The van der Waals surface area contributed by atoms with Crippen LogP contribution in [0, 0.1) is 17.1 Å². The number of rotatable bonds is 6. The van der Waals surface area contributed by atoms with E-state index in [0.29, 0.717) is 16.7 Å². The predicted octanol–water partition coefficient (Wildman–Crippen LogP) is 5.70. The summed E-state index contributed by atoms with van der Waals surface area (Å²) in [4.78, 5) is 44.0. The van der Waals surface area contributed by atoms with Gasteiger partial charge in [-0.05, 0) is 55.0 Å². The number of amides is 3. The van der Waals surface area contributed by atoms with Crippen molar-refractivity contribution in [2.24, 2.45) is 0 Å². The highest BCUT2D eigenvalue weighted by molar-refractivity contribution is 6.07. The summed E-state index contributed by atoms with van der Waals surface area (Å²) in [5, 5.41) is 16.7. The first-order chi connectivity index (χ1) is 23.2. The van der Waals surface area contributed by atoms with Gasteiger partial charge in [-0.2, -0.15) is 23.5 Å². The molecular weight excluding hydrogens is 654 g/mol. The third kappa shape index (κ3) is 6.10. The largest absolute Gasteiger partial charge is 0.416 e. The number of hydrogen-bond donors (Lipinski definition) is 1. The van der Waals surface area contributed by atoms with Gasteiger partial charge in [0.2, 0.25) is 0 Å². The second-order valence-electron chi connectivity index (χ2n) is 11.6. The number of carbonyl (C=O) groups excluding carboxylic acids is 3. The van der Waals surface area contributed by atoms with E-state index in [1.165, 1.54) is 21.7 Å². The van der Waals surface area contributed by atoms with Crippen LogP contribution in [0.25, 0.3) is 5.69 Å². The first-order valence-electron chi connectivity index (χ1n) is 15.1. The molecule has 0 radical (unpaired) electrons. The first kappa shape index (κ1) is 33.3. The fourth-order valence-electron chi connectivity index (χ4n) is 6.28. The number of alkyl halides is 5. The molecule has 9 nitrogen and oxygen atoms in total. The zero-order chi connectivity index (χ0) is 35.2. The molecular formula is C34H26F6N6O3. The molecule has 1 aromatic heterocycles. The lowest BCUT2D eigenvalue weighted by atomic mass is 9.80. The van der Waals surface area contributed by atoms with E-state index in [0.717, 1.165) is 30.3 Å². The second kappa shape index (κ2) is 12.4. The minimum atomic E-state index is -4.77. The first-order valence-corrected chi connectivity index (χ1v) is 15.1. The normalized spacial score (nSPS) is 20.1. The minimum Gasteiger partial charge on any atom is -0.339 e. The number of nitriles is 1. The van der Waals surface area contributed by atoms with Gasteiger partial charge in [-0.3, -0.25) is 19.3 Å². The quantitative estimate of drug-likeness (QED) is 0.263. The maximum absolute atomic E-state index is 14.6. The number of hydrogen-bond acceptors (Lipinski definition) is 5. The third-order valence-electron chi connectivity index (χ3n) is 8.50. The predicted molar refractivity (Wildman–Crippen MR) is 163 cm³/mol. The number of likely N-dealkylation sites (tertiary alicyclic amines) is 1. The molecule has 3 aromatic carbocycles. The summed E-state index contributed by atoms with van der Waals surface area (Å²) in [7, 11) is 0. The van der Waals surface area contributed by atoms with Crippen LogP contribution in [-0.2, 0) is 11.0 Å². The highest BCUT2D eigenvalue weighted by atomic mass is 19.4. The monoisotopic (exact) mass is 680 g/mol. The van der Waals surface area contributed by atoms with Crippen molar-refractivity contribution < 1.29 is 40.7 Å². The molecule has 15 heteroatoms. The molecule has 6 rings (SSSR count). The van der Waals surface area contributed by atoms with Gasteiger partial charge < -0.3 is 10.2 Å². The van der Waals surface area contributed by atoms with Gasteiger partial charge in [0, 0.05) is 30.0 Å². The Kier molecular flexibility index (Phi) is 8.43. The van der Waals surface area contributed by atoms with Gasteiger partial charge in [-0.1, -0.05) is 36.4 Å². The van der Waals surface area contributed by atoms with Crippen molar-refractivity contribution in [2.45, 2.75) is 43.4 Å². The average Bonchev–Trinajstić information content (AvgIpc) is 3.62. The zero-order valence-corrected chi connectivity index (χ0v) is 25.6. The summed E-state index contributed by atoms with van der Waals surface area (Å²) in [6.07, 6.45) is -5.68. The molecule has 1 N–H and O–H groups in total. The van der Waals surface area contributed by atoms with Crippen molar-refractivity contribution in [3.05, 3.63) is 113 Å². The highest BCUT2D eigenvalue weighted by Gasteiger charge is 2.51. The summed E-state index contributed by atoms with van der Waals surface area (Å²) in [6, 6.07) is 15.2. The van der Waals surface area contributed by atoms with Crippen molar-refractivity contribution in [1.29, 1.82) is 5.26 Å². The Bertz CT molecular complexity index is 1970. The standard InChI is InChI=1S/C34H26F6N6O3/c1-2-44-30-26(28(43-46(30)23-9-4-3-5-10-23)32(49)45-18-33(36,37)16-24(45)17-41)25(19-11-13-22(35)14-12-19)27(31(44)48)42-29(47)20-7-6-8-21(15-20)34(38,39)40/h3-15,24-25,27H,2,16,18H2,1H3,(H,42,47)/t24-,25-,27-/m0/s1. The summed E-state index contributed by atoms with van der Waals surface area (Å²) >= 11 is 0. The van der Waals surface area contributed by atoms with E-state index in [2.05, 4.69) is 10.4 Å². The zero-order valence-electron chi connectivity index (χ0n) is 25.6. The van der Waals surface area contributed by atoms with E-state index in [1.807, 2.05) is 0 Å². The van der Waals surface area contributed by atoms with Gasteiger partial charge in [0.05, 0.1) is 23.9 Å². The van der Waals surface area contributed by atoms with Crippen LogP contribution in [0.4, 0.5) is 32.2 Å². The molecule has 0 aliphatic carbocycles. The number of carbonyl (C=O) groups is 3. The van der Waals surface area contributed by atoms with Gasteiger partial charge in [0.25, 0.3) is 23.6 Å². The number of fused-ring (bicyclic) bond motifs is 1. The highest BCUT2D eigenvalue weighted by Crippen LogP contribution is 2.45. The van der Waals surface area contributed by atoms with E-state index < -0.39 is 83.4 Å². The van der Waals surface area contributed by atoms with E-state index in [9.17, 15) is 46.0 Å². The molecule has 4 aromatic rings. The number of aromatic nitrogens is 2. The third-order valence-corrected chi connectivity index (χ3v) is 8.50. The molecule has 3 atom stereocenters. The van der Waals surface area contributed by atoms with E-state index in [1.54, 1.807) is 43.3 Å². The molecule has 49 heavy (non-hydrogen) atoms. The van der Waals surface area contributed by atoms with Crippen LogP contribution in [0.15, 0.2) is 78.9 Å². The molecule has 0 unspecified atom stereocenters. The summed E-state index contributed by atoms with van der Waals surface area (Å²) in [6.45, 7) is 0.471. The molecule has 252 valence electrons. The molecule has 1 fully saturated rings. The fourth-order valence-corrected chi connectivity index (χ4v) is 6.28. The van der Waals surface area contributed by atoms with Crippen LogP contribution in [0.2, 0.25) is 0 Å². The SMILES string of the molecule is CCN1C(=O)[C@@H](NC(=O)c2cccc(C(F)(F)F)c2)[C@@H](c2ccc(F)cc2)c2c(C(=O)N3CC(F)(F)C[C@H]3C#N)nn(-c3ccccc3)c21. The van der Waals surface area contributed by atoms with Gasteiger partial charge in [0.15, 0.2) is 5.69 Å². The van der Waals surface area contributed by atoms with Crippen molar-refractivity contribution in [3.8, 4) is 11.8 Å². The smallest absolute Gasteiger partial charge is 0.339 e. The van der Waals surface area contributed by atoms with Crippen LogP contribution in [0.5, 0.6) is 0 Å². The Hall–Kier alpha value is -5.65. The number of nitrogens with zero attached hydrogens (tertiary/aromatic N) is 5. The van der Waals surface area contributed by atoms with Crippen LogP contribution in [-0.4, -0.2) is 63.5 Å². The van der Waals surface area contributed by atoms with Crippen LogP contribution in [0.1, 0.15) is 56.8 Å². The van der Waals surface area contributed by atoms with Crippen LogP contribution < -0.4 is 10.2 Å². The van der Waals surface area contributed by atoms with Crippen molar-refractivity contribution in [1.82, 2.24) is 20.0 Å². The number of para-hydroxylation sites is 1. The summed E-state index contributed by atoms with van der Waals surface area (Å²) < 4.78 is 85.0. The van der Waals surface area contributed by atoms with Gasteiger partial charge in [0.1, 0.15) is 23.7 Å². The number of likely N-dealkylation sites (N-methyl/N-ethyl adjacent to an activating group) is 1. The molecule has 0 bridgehead atoms. The van der Waals surface area contributed by atoms with Gasteiger partial charge in [-0.15, -0.1) is 0 Å². The van der Waals surface area contributed by atoms with E-state index in [4.69, 9.17) is 0 Å². The molecule has 0 saturated carbocycles. The van der Waals surface area contributed by atoms with Crippen molar-refractivity contribution in [2.75, 3.05) is 18.0 Å². The van der Waals surface area contributed by atoms with Crippen molar-refractivity contribution in [3.63, 3.8) is 0 Å². The number of halogens is 6. The molecule has 1 saturated heterocycles. The van der Waals surface area contributed by atoms with Gasteiger partial charge >= 0.3 is 6.18 Å². The maximum atomic E-state index is 14.6. The lowest BCUT2D eigenvalue weighted by molar-refractivity contribution is -0.137. The minimum absolute atomic E-state index is 0.00293. The Morgan fingerprint density at radius 3 is 2.37 bits per heavy atom. The molecule has 2 aliphatic rings. The summed E-state index contributed by atoms with van der Waals surface area (Å²) in [5.41, 5.74) is -1.35. The molecule has 3 amide bonds. The molecule has 3 heterocycles. The van der Waals surface area contributed by atoms with Crippen LogP contribution >= 0.6 is 0 Å². The Balaban J connectivity index is 1.57. The lowest BCUT2D eigenvalue weighted by Gasteiger charge is -2.38. The molecule has 2 aliphatic heterocycles. The van der Waals surface area contributed by atoms with Crippen molar-refractivity contribution >= 4 is 23.5 Å². The van der Waals surface area contributed by atoms with E-state index in [-0.39, 0.29) is 23.5 Å². The van der Waals surface area contributed by atoms with Crippen LogP contribution in [0.3, 0.4) is 0 Å². The molecule has 0 spiro atoms. The number of anilines is 1. The van der Waals surface area contributed by atoms with E-state index >= 15 is 0 Å². The van der Waals surface area contributed by atoms with Gasteiger partial charge in [-0.25, -0.2) is 17.9 Å². The Morgan fingerprint density at radius 1 is 1.04 bits per heavy atom. The number of benzene rings is 3. The maximum Gasteiger partial charge on any atom is 0.416 e. The lowest BCUT2D eigenvalue weighted by Crippen LogP contribution is -2.55. The number of nitrogens with one attached hydrogen (secondary N) is 1. The topological polar surface area (TPSA) is 111 Å². The average molecular weight is 681 g/mol. The fraction of sp³-hybridized carbons (Fsp3) is 0.265. The second-order valence-corrected chi connectivity index (χ2v) is 11.6. The summed E-state index contributed by atoms with van der Waals surface area (Å²) in [5.74, 6) is -8.12. The Morgan fingerprint density at radius 2 is 1.73 bits per heavy atom.